The number of rotatable bonds is 5. The molecule has 4 nitrogen and oxygen atoms in total. The van der Waals surface area contributed by atoms with Crippen molar-refractivity contribution in [2.45, 2.75) is 0 Å². The van der Waals surface area contributed by atoms with Crippen LogP contribution < -0.4 is 10.6 Å². The van der Waals surface area contributed by atoms with Gasteiger partial charge < -0.3 is 10.6 Å². The van der Waals surface area contributed by atoms with Gasteiger partial charge in [0.05, 0.1) is 11.4 Å². The van der Waals surface area contributed by atoms with Crippen LogP contribution in [0.1, 0.15) is 9.67 Å². The Labute approximate surface area is 175 Å². The molecule has 0 saturated heterocycles. The molecule has 0 aliphatic heterocycles. The van der Waals surface area contributed by atoms with Crippen molar-refractivity contribution in [1.82, 2.24) is 4.98 Å². The van der Waals surface area contributed by atoms with Crippen LogP contribution in [-0.4, -0.2) is 17.4 Å². The lowest BCUT2D eigenvalue weighted by Gasteiger charge is -2.21. The van der Waals surface area contributed by atoms with Gasteiger partial charge in [-0.25, -0.2) is 8.78 Å². The van der Waals surface area contributed by atoms with Crippen LogP contribution >= 0.6 is 11.3 Å². The van der Waals surface area contributed by atoms with Crippen molar-refractivity contribution in [3.8, 4) is 11.1 Å². The zero-order chi connectivity index (χ0) is 21.3. The molecule has 0 bridgehead atoms. The standard InChI is InChI=1S/C23H17F2N3OS/c1-2-9-28(18-12-16(24)11-17(25)13-18)23(29)22-21(26)19-4-3-15(10-20(19)30-22)14-5-7-27-8-6-14/h2-8,10-13H,1,9,26H2. The number of fused-ring (bicyclic) bond motifs is 1. The lowest BCUT2D eigenvalue weighted by atomic mass is 10.1. The highest BCUT2D eigenvalue weighted by Gasteiger charge is 2.24. The number of benzene rings is 2. The summed E-state index contributed by atoms with van der Waals surface area (Å²) in [5.74, 6) is -1.97. The Kier molecular flexibility index (Phi) is 5.29. The maximum atomic E-state index is 13.7. The third-order valence-electron chi connectivity index (χ3n) is 4.65. The second-order valence-electron chi connectivity index (χ2n) is 6.62. The van der Waals surface area contributed by atoms with E-state index in [9.17, 15) is 13.6 Å². The van der Waals surface area contributed by atoms with Crippen LogP contribution in [0.4, 0.5) is 20.2 Å². The van der Waals surface area contributed by atoms with Gasteiger partial charge in [-0.2, -0.15) is 0 Å². The van der Waals surface area contributed by atoms with Crippen molar-refractivity contribution in [3.63, 3.8) is 0 Å². The molecule has 150 valence electrons. The highest BCUT2D eigenvalue weighted by atomic mass is 32.1. The van der Waals surface area contributed by atoms with Gasteiger partial charge in [0.2, 0.25) is 0 Å². The number of halogens is 2. The number of pyridine rings is 1. The fraction of sp³-hybridized carbons (Fsp3) is 0.0435. The van der Waals surface area contributed by atoms with Crippen LogP contribution in [0.2, 0.25) is 0 Å². The minimum atomic E-state index is -0.766. The first-order valence-corrected chi connectivity index (χ1v) is 9.91. The van der Waals surface area contributed by atoms with Crippen molar-refractivity contribution >= 4 is 38.7 Å². The molecule has 0 aliphatic rings. The Morgan fingerprint density at radius 2 is 1.77 bits per heavy atom. The number of thiophene rings is 1. The van der Waals surface area contributed by atoms with Gasteiger partial charge in [-0.15, -0.1) is 17.9 Å². The number of aromatic nitrogens is 1. The minimum Gasteiger partial charge on any atom is -0.397 e. The Hall–Kier alpha value is -3.58. The summed E-state index contributed by atoms with van der Waals surface area (Å²) in [5.41, 5.74) is 8.69. The van der Waals surface area contributed by atoms with E-state index in [1.165, 1.54) is 22.3 Å². The van der Waals surface area contributed by atoms with E-state index in [-0.39, 0.29) is 12.2 Å². The molecule has 0 atom stereocenters. The highest BCUT2D eigenvalue weighted by molar-refractivity contribution is 7.21. The van der Waals surface area contributed by atoms with Crippen molar-refractivity contribution < 1.29 is 13.6 Å². The van der Waals surface area contributed by atoms with E-state index in [2.05, 4.69) is 11.6 Å². The van der Waals surface area contributed by atoms with Gasteiger partial charge in [0.15, 0.2) is 0 Å². The molecule has 4 rings (SSSR count). The average molecular weight is 421 g/mol. The molecule has 0 aliphatic carbocycles. The second kappa shape index (κ2) is 8.04. The van der Waals surface area contributed by atoms with E-state index in [0.717, 1.165) is 39.4 Å². The molecular weight excluding hydrogens is 404 g/mol. The first-order chi connectivity index (χ1) is 14.5. The van der Waals surface area contributed by atoms with Gasteiger partial charge in [-0.05, 0) is 41.5 Å². The molecule has 2 aromatic heterocycles. The van der Waals surface area contributed by atoms with E-state index in [1.807, 2.05) is 30.3 Å². The Bertz CT molecular complexity index is 1230. The van der Waals surface area contributed by atoms with E-state index < -0.39 is 17.5 Å². The van der Waals surface area contributed by atoms with Crippen molar-refractivity contribution in [1.29, 1.82) is 0 Å². The zero-order valence-corrected chi connectivity index (χ0v) is 16.6. The third-order valence-corrected chi connectivity index (χ3v) is 5.81. The SMILES string of the molecule is C=CCN(C(=O)c1sc2cc(-c3ccncc3)ccc2c1N)c1cc(F)cc(F)c1. The number of nitrogen functional groups attached to an aromatic ring is 1. The molecule has 0 spiro atoms. The van der Waals surface area contributed by atoms with Crippen molar-refractivity contribution in [2.75, 3.05) is 17.2 Å². The summed E-state index contributed by atoms with van der Waals surface area (Å²) in [6.07, 6.45) is 4.91. The first kappa shape index (κ1) is 19.7. The lowest BCUT2D eigenvalue weighted by molar-refractivity contribution is 0.0994. The molecule has 4 aromatic rings. The fourth-order valence-electron chi connectivity index (χ4n) is 3.25. The summed E-state index contributed by atoms with van der Waals surface area (Å²) in [5, 5.41) is 0.755. The minimum absolute atomic E-state index is 0.0810. The summed E-state index contributed by atoms with van der Waals surface area (Å²) in [4.78, 5) is 18.8. The molecule has 0 saturated carbocycles. The fourth-order valence-corrected chi connectivity index (χ4v) is 4.36. The van der Waals surface area contributed by atoms with Crippen LogP contribution in [0.3, 0.4) is 0 Å². The molecule has 30 heavy (non-hydrogen) atoms. The number of anilines is 2. The molecule has 0 radical (unpaired) electrons. The van der Waals surface area contributed by atoms with Crippen LogP contribution in [0.25, 0.3) is 21.2 Å². The number of hydrogen-bond donors (Lipinski definition) is 1. The Morgan fingerprint density at radius 1 is 1.07 bits per heavy atom. The zero-order valence-electron chi connectivity index (χ0n) is 15.8. The van der Waals surface area contributed by atoms with Crippen molar-refractivity contribution in [3.05, 3.63) is 90.1 Å². The molecule has 0 fully saturated rings. The summed E-state index contributed by atoms with van der Waals surface area (Å²) >= 11 is 1.24. The first-order valence-electron chi connectivity index (χ1n) is 9.09. The average Bonchev–Trinajstić information content (AvgIpc) is 3.07. The summed E-state index contributed by atoms with van der Waals surface area (Å²) in [7, 11) is 0. The van der Waals surface area contributed by atoms with Crippen LogP contribution in [0, 0.1) is 11.6 Å². The van der Waals surface area contributed by atoms with E-state index in [4.69, 9.17) is 5.73 Å². The Balaban J connectivity index is 1.77. The number of nitrogens with two attached hydrogens (primary N) is 1. The summed E-state index contributed by atoms with van der Waals surface area (Å²) < 4.78 is 28.3. The highest BCUT2D eigenvalue weighted by Crippen LogP contribution is 2.37. The van der Waals surface area contributed by atoms with Gasteiger partial charge in [-0.1, -0.05) is 18.2 Å². The normalized spacial score (nSPS) is 10.9. The quantitative estimate of drug-likeness (QED) is 0.423. The van der Waals surface area contributed by atoms with Gasteiger partial charge in [0.1, 0.15) is 16.5 Å². The van der Waals surface area contributed by atoms with Gasteiger partial charge >= 0.3 is 0 Å². The predicted molar refractivity (Wildman–Crippen MR) is 118 cm³/mol. The van der Waals surface area contributed by atoms with Gasteiger partial charge in [0, 0.05) is 35.1 Å². The molecule has 2 aromatic carbocycles. The van der Waals surface area contributed by atoms with Crippen LogP contribution in [0.5, 0.6) is 0 Å². The number of carbonyl (C=O) groups excluding carboxylic acids is 1. The second-order valence-corrected chi connectivity index (χ2v) is 7.68. The number of nitrogens with zero attached hydrogens (tertiary/aromatic N) is 2. The number of hydrogen-bond acceptors (Lipinski definition) is 4. The molecule has 2 N–H and O–H groups in total. The predicted octanol–water partition coefficient (Wildman–Crippen LogP) is 5.66. The topological polar surface area (TPSA) is 59.2 Å². The maximum absolute atomic E-state index is 13.7. The number of carbonyl (C=O) groups is 1. The number of amides is 1. The largest absolute Gasteiger partial charge is 0.397 e. The van der Waals surface area contributed by atoms with E-state index in [0.29, 0.717) is 10.6 Å². The molecular formula is C23H17F2N3OS. The monoisotopic (exact) mass is 421 g/mol. The van der Waals surface area contributed by atoms with E-state index in [1.54, 1.807) is 12.4 Å². The molecule has 2 heterocycles. The molecule has 0 unspecified atom stereocenters. The Morgan fingerprint density at radius 3 is 2.43 bits per heavy atom. The molecule has 7 heteroatoms. The summed E-state index contributed by atoms with van der Waals surface area (Å²) in [6.45, 7) is 3.72. The molecule has 1 amide bonds. The lowest BCUT2D eigenvalue weighted by Crippen LogP contribution is -2.31. The van der Waals surface area contributed by atoms with Crippen molar-refractivity contribution in [2.24, 2.45) is 0 Å². The van der Waals surface area contributed by atoms with Gasteiger partial charge in [-0.3, -0.25) is 9.78 Å². The van der Waals surface area contributed by atoms with Gasteiger partial charge in [0.25, 0.3) is 5.91 Å². The van der Waals surface area contributed by atoms with Crippen LogP contribution in [-0.2, 0) is 0 Å². The third kappa shape index (κ3) is 3.67. The van der Waals surface area contributed by atoms with Crippen LogP contribution in [0.15, 0.2) is 73.6 Å². The maximum Gasteiger partial charge on any atom is 0.270 e. The summed E-state index contributed by atoms with van der Waals surface area (Å²) in [6, 6.07) is 12.5. The van der Waals surface area contributed by atoms with E-state index >= 15 is 0 Å². The smallest absolute Gasteiger partial charge is 0.270 e.